The average Bonchev–Trinajstić information content (AvgIpc) is 2.37. The molecule has 0 spiro atoms. The Balaban J connectivity index is 2.31. The summed E-state index contributed by atoms with van der Waals surface area (Å²) < 4.78 is 37.9. The Labute approximate surface area is 121 Å². The Morgan fingerprint density at radius 3 is 2.53 bits per heavy atom. The lowest BCUT2D eigenvalue weighted by Gasteiger charge is -2.24. The second-order valence-electron chi connectivity index (χ2n) is 4.93. The number of hydrogen-bond acceptors (Lipinski definition) is 4. The van der Waals surface area contributed by atoms with Crippen molar-refractivity contribution in [2.75, 3.05) is 18.5 Å². The minimum Gasteiger partial charge on any atom is -0.486 e. The number of benzene rings is 1. The number of hydrogen-bond donors (Lipinski definition) is 1. The summed E-state index contributed by atoms with van der Waals surface area (Å²) in [6, 6.07) is 4.62. The van der Waals surface area contributed by atoms with E-state index in [1.54, 1.807) is 19.9 Å². The third-order valence-corrected chi connectivity index (χ3v) is 5.67. The minimum atomic E-state index is -3.58. The van der Waals surface area contributed by atoms with Gasteiger partial charge in [-0.2, -0.15) is 0 Å². The fourth-order valence-corrected chi connectivity index (χ4v) is 3.39. The molecule has 1 N–H and O–H groups in total. The summed E-state index contributed by atoms with van der Waals surface area (Å²) in [6.07, 6.45) is 0. The Bertz CT molecular complexity index is 571. The number of rotatable bonds is 4. The summed E-state index contributed by atoms with van der Waals surface area (Å²) in [5.41, 5.74) is -0.563. The zero-order valence-electron chi connectivity index (χ0n) is 10.8. The van der Waals surface area contributed by atoms with Gasteiger partial charge in [-0.15, -0.1) is 0 Å². The molecule has 0 amide bonds. The summed E-state index contributed by atoms with van der Waals surface area (Å²) in [7, 11) is -3.58. The van der Waals surface area contributed by atoms with E-state index < -0.39 is 15.6 Å². The van der Waals surface area contributed by atoms with E-state index in [-0.39, 0.29) is 4.90 Å². The van der Waals surface area contributed by atoms with Crippen LogP contribution in [-0.2, 0) is 10.0 Å². The van der Waals surface area contributed by atoms with Crippen LogP contribution in [0.15, 0.2) is 23.1 Å². The summed E-state index contributed by atoms with van der Waals surface area (Å²) in [5.74, 6) is 1.04. The molecule has 0 saturated carbocycles. The van der Waals surface area contributed by atoms with Gasteiger partial charge in [-0.3, -0.25) is 0 Å². The number of halogens is 1. The van der Waals surface area contributed by atoms with E-state index in [1.165, 1.54) is 12.1 Å². The number of fused-ring (bicyclic) bond motifs is 1. The normalized spacial score (nSPS) is 15.3. The molecule has 19 heavy (non-hydrogen) atoms. The molecule has 0 atom stereocenters. The van der Waals surface area contributed by atoms with E-state index >= 15 is 0 Å². The molecule has 0 aromatic heterocycles. The van der Waals surface area contributed by atoms with E-state index in [0.29, 0.717) is 30.0 Å². The smallest absolute Gasteiger partial charge is 0.241 e. The molecule has 0 radical (unpaired) electrons. The van der Waals surface area contributed by atoms with Crippen molar-refractivity contribution >= 4 is 26.0 Å². The fraction of sp³-hybridized carbons (Fsp3) is 0.500. The van der Waals surface area contributed by atoms with Gasteiger partial charge in [-0.1, -0.05) is 15.9 Å². The highest BCUT2D eigenvalue weighted by Gasteiger charge is 2.26. The topological polar surface area (TPSA) is 64.6 Å². The van der Waals surface area contributed by atoms with Crippen molar-refractivity contribution in [2.24, 2.45) is 0 Å². The van der Waals surface area contributed by atoms with Gasteiger partial charge < -0.3 is 9.47 Å². The molecular formula is C12H16BrNO4S. The summed E-state index contributed by atoms with van der Waals surface area (Å²) in [6.45, 7) is 4.51. The van der Waals surface area contributed by atoms with Crippen molar-refractivity contribution < 1.29 is 17.9 Å². The van der Waals surface area contributed by atoms with Crippen LogP contribution in [0.1, 0.15) is 13.8 Å². The third kappa shape index (κ3) is 3.40. The van der Waals surface area contributed by atoms with E-state index in [4.69, 9.17) is 9.47 Å². The van der Waals surface area contributed by atoms with E-state index in [2.05, 4.69) is 20.7 Å². The van der Waals surface area contributed by atoms with Crippen LogP contribution in [0.5, 0.6) is 11.5 Å². The molecule has 7 heteroatoms. The Hall–Kier alpha value is -0.790. The highest BCUT2D eigenvalue weighted by atomic mass is 79.9. The maximum absolute atomic E-state index is 12.3. The molecule has 0 aliphatic carbocycles. The highest BCUT2D eigenvalue weighted by Crippen LogP contribution is 2.32. The number of alkyl halides is 1. The molecule has 106 valence electrons. The molecule has 1 aliphatic heterocycles. The molecule has 0 fully saturated rings. The van der Waals surface area contributed by atoms with Gasteiger partial charge in [0.05, 0.1) is 4.90 Å². The van der Waals surface area contributed by atoms with E-state index in [9.17, 15) is 8.42 Å². The second-order valence-corrected chi connectivity index (χ2v) is 7.17. The molecule has 0 unspecified atom stereocenters. The molecule has 1 aromatic rings. The SMILES string of the molecule is CC(C)(CBr)NS(=O)(=O)c1ccc2c(c1)OCCO2. The van der Waals surface area contributed by atoms with Crippen LogP contribution in [0.25, 0.3) is 0 Å². The maximum Gasteiger partial charge on any atom is 0.241 e. The Morgan fingerprint density at radius 2 is 1.89 bits per heavy atom. The van der Waals surface area contributed by atoms with Crippen LogP contribution in [-0.4, -0.2) is 32.5 Å². The van der Waals surface area contributed by atoms with E-state index in [0.717, 1.165) is 0 Å². The zero-order valence-corrected chi connectivity index (χ0v) is 13.2. The van der Waals surface area contributed by atoms with Crippen molar-refractivity contribution in [3.8, 4) is 11.5 Å². The molecule has 5 nitrogen and oxygen atoms in total. The quantitative estimate of drug-likeness (QED) is 0.843. The van der Waals surface area contributed by atoms with Gasteiger partial charge in [-0.25, -0.2) is 13.1 Å². The summed E-state index contributed by atoms with van der Waals surface area (Å²) in [4.78, 5) is 0.172. The number of ether oxygens (including phenoxy) is 2. The van der Waals surface area contributed by atoms with Crippen molar-refractivity contribution in [3.63, 3.8) is 0 Å². The largest absolute Gasteiger partial charge is 0.486 e. The average molecular weight is 350 g/mol. The summed E-state index contributed by atoms with van der Waals surface area (Å²) in [5, 5.41) is 0.518. The minimum absolute atomic E-state index is 0.172. The van der Waals surface area contributed by atoms with Gasteiger partial charge in [0, 0.05) is 16.9 Å². The van der Waals surface area contributed by atoms with Crippen LogP contribution >= 0.6 is 15.9 Å². The van der Waals surface area contributed by atoms with Gasteiger partial charge in [0.1, 0.15) is 13.2 Å². The van der Waals surface area contributed by atoms with Crippen LogP contribution in [0.3, 0.4) is 0 Å². The van der Waals surface area contributed by atoms with Crippen molar-refractivity contribution in [1.29, 1.82) is 0 Å². The fourth-order valence-electron chi connectivity index (χ4n) is 1.64. The maximum atomic E-state index is 12.3. The Morgan fingerprint density at radius 1 is 1.26 bits per heavy atom. The van der Waals surface area contributed by atoms with Crippen LogP contribution in [0.4, 0.5) is 0 Å². The molecule has 1 aromatic carbocycles. The van der Waals surface area contributed by atoms with Crippen molar-refractivity contribution in [2.45, 2.75) is 24.3 Å². The third-order valence-electron chi connectivity index (χ3n) is 2.57. The van der Waals surface area contributed by atoms with Gasteiger partial charge in [-0.05, 0) is 26.0 Å². The molecule has 1 heterocycles. The first kappa shape index (κ1) is 14.6. The first-order chi connectivity index (χ1) is 8.84. The number of sulfonamides is 1. The van der Waals surface area contributed by atoms with Crippen molar-refractivity contribution in [3.05, 3.63) is 18.2 Å². The molecule has 2 rings (SSSR count). The van der Waals surface area contributed by atoms with E-state index in [1.807, 2.05) is 0 Å². The molecule has 0 saturated heterocycles. The van der Waals surface area contributed by atoms with Crippen LogP contribution in [0.2, 0.25) is 0 Å². The van der Waals surface area contributed by atoms with Gasteiger partial charge in [0.15, 0.2) is 11.5 Å². The van der Waals surface area contributed by atoms with Gasteiger partial charge >= 0.3 is 0 Å². The second kappa shape index (κ2) is 5.30. The number of nitrogens with one attached hydrogen (secondary N) is 1. The van der Waals surface area contributed by atoms with Gasteiger partial charge in [0.2, 0.25) is 10.0 Å². The van der Waals surface area contributed by atoms with Crippen molar-refractivity contribution in [1.82, 2.24) is 4.72 Å². The zero-order chi connectivity index (χ0) is 14.1. The molecular weight excluding hydrogens is 334 g/mol. The van der Waals surface area contributed by atoms with Crippen LogP contribution < -0.4 is 14.2 Å². The lowest BCUT2D eigenvalue weighted by Crippen LogP contribution is -2.44. The first-order valence-corrected chi connectivity index (χ1v) is 8.44. The standard InChI is InChI=1S/C12H16BrNO4S/c1-12(2,8-13)14-19(15,16)9-3-4-10-11(7-9)18-6-5-17-10/h3-4,7,14H,5-6,8H2,1-2H3. The first-order valence-electron chi connectivity index (χ1n) is 5.84. The molecule has 1 aliphatic rings. The van der Waals surface area contributed by atoms with Gasteiger partial charge in [0.25, 0.3) is 0 Å². The van der Waals surface area contributed by atoms with Crippen LogP contribution in [0, 0.1) is 0 Å². The predicted octanol–water partition coefficient (Wildman–Crippen LogP) is 1.91. The lowest BCUT2D eigenvalue weighted by molar-refractivity contribution is 0.171. The molecule has 0 bridgehead atoms. The Kier molecular flexibility index (Phi) is 4.08. The predicted molar refractivity (Wildman–Crippen MR) is 75.6 cm³/mol. The monoisotopic (exact) mass is 349 g/mol. The summed E-state index contributed by atoms with van der Waals surface area (Å²) >= 11 is 3.28. The lowest BCUT2D eigenvalue weighted by atomic mass is 10.1. The highest BCUT2D eigenvalue weighted by molar-refractivity contribution is 9.09.